The van der Waals surface area contributed by atoms with E-state index in [0.29, 0.717) is 6.42 Å². The van der Waals surface area contributed by atoms with E-state index < -0.39 is 69.6 Å². The number of aliphatic carboxylic acids is 1. The van der Waals surface area contributed by atoms with Crippen molar-refractivity contribution < 1.29 is 41.6 Å². The minimum Gasteiger partial charge on any atom is -0.481 e. The zero-order chi connectivity index (χ0) is 28.6. The highest BCUT2D eigenvalue weighted by Gasteiger charge is 2.60. The number of halogens is 4. The van der Waals surface area contributed by atoms with E-state index in [0.717, 1.165) is 21.8 Å². The van der Waals surface area contributed by atoms with Crippen LogP contribution in [0.4, 0.5) is 17.6 Å². The van der Waals surface area contributed by atoms with Crippen molar-refractivity contribution >= 4 is 23.4 Å². The van der Waals surface area contributed by atoms with E-state index in [2.05, 4.69) is 6.58 Å². The highest BCUT2D eigenvalue weighted by atomic mass is 19.4. The summed E-state index contributed by atoms with van der Waals surface area (Å²) < 4.78 is 57.3. The number of hydrogen-bond donors (Lipinski definition) is 2. The lowest BCUT2D eigenvalue weighted by Crippen LogP contribution is -2.61. The molecule has 1 saturated carbocycles. The van der Waals surface area contributed by atoms with Crippen molar-refractivity contribution in [2.75, 3.05) is 13.1 Å². The van der Waals surface area contributed by atoms with Crippen LogP contribution < -0.4 is 5.73 Å². The molecule has 1 fully saturated rings. The van der Waals surface area contributed by atoms with Crippen molar-refractivity contribution in [1.82, 2.24) is 4.90 Å². The van der Waals surface area contributed by atoms with Crippen LogP contribution >= 0.6 is 0 Å². The van der Waals surface area contributed by atoms with Crippen LogP contribution in [0.2, 0.25) is 0 Å². The maximum Gasteiger partial charge on any atom is 0.478 e. The molecule has 2 rings (SSSR count). The minimum absolute atomic E-state index is 0.0269. The topological polar surface area (TPSA) is 104 Å². The van der Waals surface area contributed by atoms with Gasteiger partial charge in [-0.25, -0.2) is 4.39 Å². The number of nitrogens with two attached hydrogens (primary N) is 1. The number of carbonyl (C=O) groups excluding carboxylic acids is 2. The van der Waals surface area contributed by atoms with Crippen LogP contribution in [0.3, 0.4) is 0 Å². The number of amides is 1. The fourth-order valence-electron chi connectivity index (χ4n) is 4.38. The summed E-state index contributed by atoms with van der Waals surface area (Å²) in [7, 11) is 0. The van der Waals surface area contributed by atoms with Crippen molar-refractivity contribution in [3.8, 4) is 0 Å². The summed E-state index contributed by atoms with van der Waals surface area (Å²) in [5, 5.41) is 9.45. The molecule has 1 aliphatic heterocycles. The van der Waals surface area contributed by atoms with E-state index in [1.807, 2.05) is 6.92 Å². The molecular formula is C26H36F4N3O4+. The Morgan fingerprint density at radius 2 is 1.76 bits per heavy atom. The van der Waals surface area contributed by atoms with Crippen LogP contribution in [0.5, 0.6) is 0 Å². The molecule has 206 valence electrons. The van der Waals surface area contributed by atoms with E-state index in [1.54, 1.807) is 13.8 Å². The summed E-state index contributed by atoms with van der Waals surface area (Å²) in [4.78, 5) is 38.6. The quantitative estimate of drug-likeness (QED) is 0.188. The van der Waals surface area contributed by atoms with E-state index in [4.69, 9.17) is 5.73 Å². The van der Waals surface area contributed by atoms with Gasteiger partial charge in [-0.05, 0) is 38.5 Å². The molecule has 0 aromatic carbocycles. The Morgan fingerprint density at radius 3 is 2.19 bits per heavy atom. The Bertz CT molecular complexity index is 1080. The molecule has 0 atom stereocenters. The minimum atomic E-state index is -4.93. The summed E-state index contributed by atoms with van der Waals surface area (Å²) in [5.41, 5.74) is 0.823. The molecule has 7 nitrogen and oxygen atoms in total. The zero-order valence-corrected chi connectivity index (χ0v) is 22.0. The highest BCUT2D eigenvalue weighted by molar-refractivity contribution is 6.24. The predicted molar refractivity (Wildman–Crippen MR) is 130 cm³/mol. The van der Waals surface area contributed by atoms with E-state index >= 15 is 0 Å². The Hall–Kier alpha value is -2.82. The smallest absolute Gasteiger partial charge is 0.478 e. The molecule has 2 aliphatic rings. The number of rotatable bonds is 10. The predicted octanol–water partition coefficient (Wildman–Crippen LogP) is 4.48. The molecule has 0 unspecified atom stereocenters. The number of alkyl halides is 3. The van der Waals surface area contributed by atoms with Gasteiger partial charge in [0.25, 0.3) is 5.91 Å². The molecule has 0 aromatic rings. The normalized spacial score (nSPS) is 24.8. The Balaban J connectivity index is 2.41. The van der Waals surface area contributed by atoms with Gasteiger partial charge in [-0.15, -0.1) is 0 Å². The molecule has 3 N–H and O–H groups in total. The highest BCUT2D eigenvalue weighted by Crippen LogP contribution is 2.43. The monoisotopic (exact) mass is 530 g/mol. The second-order valence-corrected chi connectivity index (χ2v) is 10.9. The SMILES string of the molecule is C=C(C(=O)CN(CC(C)(C)CC)C(=O)C1=C[N+](C2(N)CCC(C)(C(=O)O)CC2)=C1C(F)(F)F)C(F)=CC. The molecule has 11 heteroatoms. The fraction of sp³-hybridized carbons (Fsp3) is 0.615. The maximum atomic E-state index is 14.2. The lowest BCUT2D eigenvalue weighted by Gasteiger charge is -2.40. The first-order valence-corrected chi connectivity index (χ1v) is 12.1. The largest absolute Gasteiger partial charge is 0.481 e. The maximum absolute atomic E-state index is 14.2. The van der Waals surface area contributed by atoms with Crippen molar-refractivity contribution in [1.29, 1.82) is 0 Å². The molecule has 1 aliphatic carbocycles. The third-order valence-corrected chi connectivity index (χ3v) is 7.54. The van der Waals surface area contributed by atoms with Crippen LogP contribution in [-0.2, 0) is 14.4 Å². The van der Waals surface area contributed by atoms with Crippen molar-refractivity contribution in [2.45, 2.75) is 78.6 Å². The molecule has 0 bridgehead atoms. The number of carbonyl (C=O) groups is 3. The van der Waals surface area contributed by atoms with Gasteiger partial charge < -0.3 is 10.0 Å². The van der Waals surface area contributed by atoms with Gasteiger partial charge >= 0.3 is 17.9 Å². The first-order valence-electron chi connectivity index (χ1n) is 12.1. The van der Waals surface area contributed by atoms with Crippen molar-refractivity contribution in [2.24, 2.45) is 16.6 Å². The van der Waals surface area contributed by atoms with Gasteiger partial charge in [0, 0.05) is 25.0 Å². The van der Waals surface area contributed by atoms with E-state index in [-0.39, 0.29) is 32.2 Å². The van der Waals surface area contributed by atoms with Gasteiger partial charge in [0.2, 0.25) is 5.66 Å². The fourth-order valence-corrected chi connectivity index (χ4v) is 4.38. The third kappa shape index (κ3) is 6.37. The lowest BCUT2D eigenvalue weighted by atomic mass is 9.71. The number of carboxylic acids is 1. The molecule has 1 heterocycles. The van der Waals surface area contributed by atoms with Gasteiger partial charge in [0.15, 0.2) is 17.6 Å². The average Bonchev–Trinajstić information content (AvgIpc) is 2.77. The Morgan fingerprint density at radius 1 is 1.22 bits per heavy atom. The number of nitrogens with zero attached hydrogens (tertiary/aromatic N) is 2. The molecular weight excluding hydrogens is 494 g/mol. The molecule has 0 radical (unpaired) electrons. The van der Waals surface area contributed by atoms with Gasteiger partial charge in [0.1, 0.15) is 5.83 Å². The van der Waals surface area contributed by atoms with Gasteiger partial charge in [0.05, 0.1) is 12.0 Å². The number of ketones is 1. The van der Waals surface area contributed by atoms with Crippen molar-refractivity contribution in [3.63, 3.8) is 0 Å². The standard InChI is InChI=1S/C26H35F4N3O4/c1-7-18(27)16(3)19(34)14-32(15-23(4,5)8-2)21(35)17-13-33(20(17)26(28,29)30)25(31)11-9-24(6,10-12-25)22(36)37/h7,13H,3,8-12,14-15,31H2,1-2,4-6H3/p+1. The second kappa shape index (κ2) is 10.5. The van der Waals surface area contributed by atoms with Crippen molar-refractivity contribution in [3.05, 3.63) is 35.8 Å². The van der Waals surface area contributed by atoms with Crippen LogP contribution in [0, 0.1) is 10.8 Å². The molecule has 37 heavy (non-hydrogen) atoms. The first kappa shape index (κ1) is 30.4. The van der Waals surface area contributed by atoms with Gasteiger partial charge in [-0.1, -0.05) is 33.4 Å². The summed E-state index contributed by atoms with van der Waals surface area (Å²) in [6, 6.07) is 0. The van der Waals surface area contributed by atoms with Crippen LogP contribution in [-0.4, -0.2) is 62.9 Å². The lowest BCUT2D eigenvalue weighted by molar-refractivity contribution is -0.571. The van der Waals surface area contributed by atoms with Gasteiger partial charge in [-0.3, -0.25) is 20.1 Å². The van der Waals surface area contributed by atoms with E-state index in [9.17, 15) is 37.1 Å². The number of allylic oxidation sites excluding steroid dienone is 2. The number of carboxylic acid groups (broad SMARTS) is 1. The van der Waals surface area contributed by atoms with Gasteiger partial charge in [-0.2, -0.15) is 17.7 Å². The van der Waals surface area contributed by atoms with Crippen LogP contribution in [0.25, 0.3) is 0 Å². The number of Topliss-reactive ketones (excluding diaryl/α,β-unsaturated/α-hetero) is 1. The van der Waals surface area contributed by atoms with Crippen LogP contribution in [0.1, 0.15) is 66.7 Å². The Kier molecular flexibility index (Phi) is 8.64. The molecule has 0 spiro atoms. The average molecular weight is 531 g/mol. The summed E-state index contributed by atoms with van der Waals surface area (Å²) in [6.07, 6.45) is -2.23. The molecule has 0 aromatic heterocycles. The Labute approximate surface area is 214 Å². The summed E-state index contributed by atoms with van der Waals surface area (Å²) in [6.45, 7) is 11.0. The molecule has 0 saturated heterocycles. The third-order valence-electron chi connectivity index (χ3n) is 7.54. The molecule has 1 amide bonds. The van der Waals surface area contributed by atoms with E-state index in [1.165, 1.54) is 13.8 Å². The van der Waals surface area contributed by atoms with Crippen LogP contribution in [0.15, 0.2) is 35.8 Å². The summed E-state index contributed by atoms with van der Waals surface area (Å²) >= 11 is 0. The second-order valence-electron chi connectivity index (χ2n) is 10.9. The first-order chi connectivity index (χ1) is 16.8. The summed E-state index contributed by atoms with van der Waals surface area (Å²) in [5.74, 6) is -3.77. The zero-order valence-electron chi connectivity index (χ0n) is 22.0. The number of hydrogen-bond acceptors (Lipinski definition) is 4.